The number of hydrogen-bond acceptors (Lipinski definition) is 6. The number of nitrogens with zero attached hydrogens (tertiary/aromatic N) is 3. The average molecular weight is 406 g/mol. The molecule has 1 aliphatic rings. The van der Waals surface area contributed by atoms with Crippen LogP contribution < -0.4 is 10.7 Å². The Morgan fingerprint density at radius 3 is 2.62 bits per heavy atom. The molecule has 1 saturated carbocycles. The van der Waals surface area contributed by atoms with Gasteiger partial charge in [0.15, 0.2) is 0 Å². The van der Waals surface area contributed by atoms with Crippen LogP contribution in [0.2, 0.25) is 0 Å². The third-order valence-corrected chi connectivity index (χ3v) is 5.29. The zero-order valence-electron chi connectivity index (χ0n) is 17.9. The first kappa shape index (κ1) is 23.2. The lowest BCUT2D eigenvalue weighted by atomic mass is 9.83. The molecule has 0 spiro atoms. The predicted molar refractivity (Wildman–Crippen MR) is 111 cm³/mol. The summed E-state index contributed by atoms with van der Waals surface area (Å²) >= 11 is 0. The van der Waals surface area contributed by atoms with Crippen molar-refractivity contribution in [3.63, 3.8) is 0 Å². The van der Waals surface area contributed by atoms with Crippen molar-refractivity contribution < 1.29 is 14.3 Å². The Kier molecular flexibility index (Phi) is 10.0. The van der Waals surface area contributed by atoms with Gasteiger partial charge < -0.3 is 10.1 Å². The van der Waals surface area contributed by atoms with E-state index in [1.54, 1.807) is 7.11 Å². The van der Waals surface area contributed by atoms with E-state index in [0.717, 1.165) is 32.1 Å². The number of aromatic nitrogens is 2. The Bertz CT molecular complexity index is 620. The van der Waals surface area contributed by atoms with Gasteiger partial charge in [0.1, 0.15) is 11.7 Å². The number of methoxy groups -OCH3 is 1. The highest BCUT2D eigenvalue weighted by Gasteiger charge is 2.35. The average Bonchev–Trinajstić information content (AvgIpc) is 2.73. The minimum atomic E-state index is -0.411. The van der Waals surface area contributed by atoms with Crippen molar-refractivity contribution in [2.45, 2.75) is 58.4 Å². The predicted octanol–water partition coefficient (Wildman–Crippen LogP) is 2.18. The van der Waals surface area contributed by atoms with Gasteiger partial charge in [0.25, 0.3) is 5.91 Å². The molecule has 0 bridgehead atoms. The smallest absolute Gasteiger partial charge is 0.285 e. The zero-order valence-corrected chi connectivity index (χ0v) is 17.9. The topological polar surface area (TPSA) is 96.5 Å². The second kappa shape index (κ2) is 12.5. The van der Waals surface area contributed by atoms with Crippen LogP contribution >= 0.6 is 0 Å². The molecule has 0 aliphatic heterocycles. The van der Waals surface area contributed by atoms with Crippen LogP contribution in [-0.4, -0.2) is 59.6 Å². The van der Waals surface area contributed by atoms with Gasteiger partial charge in [-0.15, -0.1) is 0 Å². The highest BCUT2D eigenvalue weighted by Crippen LogP contribution is 2.29. The third-order valence-electron chi connectivity index (χ3n) is 5.29. The fourth-order valence-electron chi connectivity index (χ4n) is 3.71. The molecule has 1 aliphatic carbocycles. The maximum Gasteiger partial charge on any atom is 0.285 e. The lowest BCUT2D eigenvalue weighted by Gasteiger charge is -2.38. The summed E-state index contributed by atoms with van der Waals surface area (Å²) in [5, 5.41) is 4.81. The summed E-state index contributed by atoms with van der Waals surface area (Å²) < 4.78 is 5.07. The first-order valence-corrected chi connectivity index (χ1v) is 10.6. The van der Waals surface area contributed by atoms with Gasteiger partial charge in [-0.25, -0.2) is 9.99 Å². The molecule has 0 saturated heterocycles. The number of ether oxygens (including phenoxy) is 1. The van der Waals surface area contributed by atoms with Gasteiger partial charge in [-0.2, -0.15) is 0 Å². The van der Waals surface area contributed by atoms with Crippen LogP contribution in [0, 0.1) is 11.8 Å². The number of nitrogens with one attached hydrogen (secondary N) is 2. The second-order valence-corrected chi connectivity index (χ2v) is 8.03. The number of rotatable bonds is 11. The highest BCUT2D eigenvalue weighted by molar-refractivity contribution is 5.92. The molecule has 2 amide bonds. The Hall–Kier alpha value is -2.06. The molecule has 29 heavy (non-hydrogen) atoms. The number of carbonyl (C=O) groups excluding carboxylic acids is 2. The molecular formula is C21H35N5O3. The molecule has 1 atom stereocenters. The first-order valence-electron chi connectivity index (χ1n) is 10.6. The quantitative estimate of drug-likeness (QED) is 0.433. The van der Waals surface area contributed by atoms with E-state index < -0.39 is 6.04 Å². The lowest BCUT2D eigenvalue weighted by molar-refractivity contribution is -0.130. The summed E-state index contributed by atoms with van der Waals surface area (Å²) in [4.78, 5) is 34.0. The lowest BCUT2D eigenvalue weighted by Crippen LogP contribution is -2.58. The van der Waals surface area contributed by atoms with Crippen LogP contribution in [0.1, 0.15) is 62.9 Å². The molecule has 0 unspecified atom stereocenters. The molecule has 1 aromatic rings. The minimum Gasteiger partial charge on any atom is -0.383 e. The summed E-state index contributed by atoms with van der Waals surface area (Å²) in [6, 6.07) is -0.411. The number of amides is 2. The molecule has 1 aromatic heterocycles. The monoisotopic (exact) mass is 405 g/mol. The van der Waals surface area contributed by atoms with Crippen LogP contribution in [0.3, 0.4) is 0 Å². The summed E-state index contributed by atoms with van der Waals surface area (Å²) in [6.45, 7) is 5.78. The van der Waals surface area contributed by atoms with Gasteiger partial charge in [0.05, 0.1) is 12.8 Å². The van der Waals surface area contributed by atoms with Crippen LogP contribution in [0.25, 0.3) is 0 Å². The number of hydrogen-bond donors (Lipinski definition) is 2. The van der Waals surface area contributed by atoms with E-state index in [0.29, 0.717) is 25.6 Å². The van der Waals surface area contributed by atoms with Gasteiger partial charge in [-0.1, -0.05) is 33.1 Å². The van der Waals surface area contributed by atoms with E-state index in [-0.39, 0.29) is 23.4 Å². The van der Waals surface area contributed by atoms with E-state index in [4.69, 9.17) is 4.74 Å². The summed E-state index contributed by atoms with van der Waals surface area (Å²) in [7, 11) is 1.61. The van der Waals surface area contributed by atoms with Crippen LogP contribution in [0.15, 0.2) is 18.6 Å². The second-order valence-electron chi connectivity index (χ2n) is 8.03. The van der Waals surface area contributed by atoms with E-state index in [2.05, 4.69) is 34.6 Å². The molecule has 0 aromatic carbocycles. The fraction of sp³-hybridized carbons (Fsp3) is 0.714. The van der Waals surface area contributed by atoms with Crippen LogP contribution in [0.4, 0.5) is 0 Å². The minimum absolute atomic E-state index is 0.0582. The Balaban J connectivity index is 2.20. The third kappa shape index (κ3) is 7.70. The van der Waals surface area contributed by atoms with Gasteiger partial charge in [0, 0.05) is 32.6 Å². The van der Waals surface area contributed by atoms with Crippen molar-refractivity contribution in [3.8, 4) is 0 Å². The molecule has 162 valence electrons. The standard InChI is InChI=1S/C21H35N5O3/c1-16(2)9-13-26(25-20(27)18-15-22-10-11-23-18)19(17-7-5-4-6-8-17)21(28)24-12-14-29-3/h10-11,15-17,19H,4-9,12-14H2,1-3H3,(H,24,28)(H,25,27)/t19-/m0/s1. The summed E-state index contributed by atoms with van der Waals surface area (Å²) in [5.74, 6) is 0.264. The zero-order chi connectivity index (χ0) is 21.1. The maximum atomic E-state index is 13.1. The Labute approximate surface area is 173 Å². The van der Waals surface area contributed by atoms with Crippen LogP contribution in [0.5, 0.6) is 0 Å². The molecule has 8 nitrogen and oxygen atoms in total. The largest absolute Gasteiger partial charge is 0.383 e. The summed E-state index contributed by atoms with van der Waals surface area (Å²) in [6.07, 6.45) is 10.7. The van der Waals surface area contributed by atoms with Gasteiger partial charge >= 0.3 is 0 Å². The summed E-state index contributed by atoms with van der Waals surface area (Å²) in [5.41, 5.74) is 3.20. The van der Waals surface area contributed by atoms with Crippen molar-refractivity contribution in [2.75, 3.05) is 26.8 Å². The van der Waals surface area contributed by atoms with Crippen molar-refractivity contribution >= 4 is 11.8 Å². The normalized spacial score (nSPS) is 16.0. The molecule has 2 N–H and O–H groups in total. The van der Waals surface area contributed by atoms with Gasteiger partial charge in [0.2, 0.25) is 5.91 Å². The van der Waals surface area contributed by atoms with Crippen molar-refractivity contribution in [1.82, 2.24) is 25.7 Å². The van der Waals surface area contributed by atoms with E-state index in [1.807, 2.05) is 5.01 Å². The Morgan fingerprint density at radius 2 is 2.00 bits per heavy atom. The molecule has 1 heterocycles. The number of carbonyl (C=O) groups is 2. The maximum absolute atomic E-state index is 13.1. The highest BCUT2D eigenvalue weighted by atomic mass is 16.5. The molecule has 2 rings (SSSR count). The Morgan fingerprint density at radius 1 is 1.24 bits per heavy atom. The van der Waals surface area contributed by atoms with Crippen molar-refractivity contribution in [1.29, 1.82) is 0 Å². The number of hydrazine groups is 1. The van der Waals surface area contributed by atoms with E-state index in [1.165, 1.54) is 25.0 Å². The van der Waals surface area contributed by atoms with Crippen LogP contribution in [-0.2, 0) is 9.53 Å². The van der Waals surface area contributed by atoms with Crippen molar-refractivity contribution in [2.24, 2.45) is 11.8 Å². The molecule has 0 radical (unpaired) electrons. The fourth-order valence-corrected chi connectivity index (χ4v) is 3.71. The molecule has 8 heteroatoms. The van der Waals surface area contributed by atoms with E-state index >= 15 is 0 Å². The SMILES string of the molecule is COCCNC(=O)[C@H](C1CCCCC1)N(CCC(C)C)NC(=O)c1cnccn1. The van der Waals surface area contributed by atoms with Gasteiger partial charge in [-0.3, -0.25) is 20.0 Å². The molecule has 1 fully saturated rings. The van der Waals surface area contributed by atoms with Crippen molar-refractivity contribution in [3.05, 3.63) is 24.3 Å². The van der Waals surface area contributed by atoms with Gasteiger partial charge in [-0.05, 0) is 31.1 Å². The first-order chi connectivity index (χ1) is 14.0. The molecular weight excluding hydrogens is 370 g/mol. The van der Waals surface area contributed by atoms with E-state index in [9.17, 15) is 9.59 Å².